The maximum Gasteiger partial charge on any atom is 0.471 e. The van der Waals surface area contributed by atoms with E-state index in [-0.39, 0.29) is 41.9 Å². The van der Waals surface area contributed by atoms with Crippen molar-refractivity contribution in [3.63, 3.8) is 0 Å². The molecule has 7 N–H and O–H groups in total. The van der Waals surface area contributed by atoms with Gasteiger partial charge in [0.25, 0.3) is 5.91 Å². The van der Waals surface area contributed by atoms with E-state index in [1.54, 1.807) is 13.0 Å². The molecule has 0 spiro atoms. The summed E-state index contributed by atoms with van der Waals surface area (Å²) >= 11 is 0. The first-order valence-electron chi connectivity index (χ1n) is 14.6. The molecule has 0 saturated heterocycles. The molecule has 0 fully saturated rings. The Kier molecular flexibility index (Phi) is 8.35. The Bertz CT molecular complexity index is 1780. The number of carbonyl (C=O) groups is 4. The summed E-state index contributed by atoms with van der Waals surface area (Å²) in [5.74, 6) is -9.74. The minimum Gasteiger partial charge on any atom is -0.510 e. The highest BCUT2D eigenvalue weighted by atomic mass is 19.4. The number of hydrogen-bond acceptors (Lipinski definition) is 10. The van der Waals surface area contributed by atoms with Crippen LogP contribution in [0.15, 0.2) is 53.0 Å². The molecule has 0 heterocycles. The molecule has 3 aliphatic carbocycles. The molecule has 2 amide bonds. The van der Waals surface area contributed by atoms with Crippen LogP contribution in [0.1, 0.15) is 34.8 Å². The Labute approximate surface area is 265 Å². The topological polar surface area (TPSA) is 200 Å². The minimum atomic E-state index is -5.11. The molecule has 1 unspecified atom stereocenters. The zero-order chi connectivity index (χ0) is 34.7. The Morgan fingerprint density at radius 1 is 1.13 bits per heavy atom. The van der Waals surface area contributed by atoms with E-state index in [0.29, 0.717) is 16.7 Å². The molecule has 2 aromatic carbocycles. The number of halogens is 3. The van der Waals surface area contributed by atoms with Crippen molar-refractivity contribution in [2.24, 2.45) is 17.6 Å². The maximum atomic E-state index is 14.0. The fourth-order valence-corrected chi connectivity index (χ4v) is 6.98. The van der Waals surface area contributed by atoms with Crippen LogP contribution in [0.2, 0.25) is 0 Å². The third-order valence-electron chi connectivity index (χ3n) is 8.97. The highest BCUT2D eigenvalue weighted by Gasteiger charge is 2.63. The zero-order valence-electron chi connectivity index (χ0n) is 25.4. The van der Waals surface area contributed by atoms with E-state index < -0.39 is 82.4 Å². The number of nitrogens with one attached hydrogen (secondary N) is 1. The number of hydrogen-bond donors (Lipinski definition) is 6. The fourth-order valence-electron chi connectivity index (χ4n) is 6.98. The molecule has 47 heavy (non-hydrogen) atoms. The van der Waals surface area contributed by atoms with Crippen LogP contribution < -0.4 is 15.8 Å². The van der Waals surface area contributed by atoms with E-state index in [4.69, 9.17) is 10.5 Å². The third kappa shape index (κ3) is 5.28. The summed E-state index contributed by atoms with van der Waals surface area (Å²) in [5.41, 5.74) is 2.42. The molecule has 250 valence electrons. The smallest absolute Gasteiger partial charge is 0.471 e. The number of ketones is 2. The van der Waals surface area contributed by atoms with Gasteiger partial charge in [0.2, 0.25) is 5.78 Å². The number of Topliss-reactive ketones (excluding diaryl/α,β-unsaturated/α-hetero) is 2. The number of nitrogens with two attached hydrogens (primary N) is 1. The van der Waals surface area contributed by atoms with E-state index >= 15 is 0 Å². The molecule has 0 radical (unpaired) electrons. The average Bonchev–Trinajstić information content (AvgIpc) is 2.97. The van der Waals surface area contributed by atoms with Crippen LogP contribution in [0.4, 0.5) is 13.2 Å². The zero-order valence-corrected chi connectivity index (χ0v) is 25.4. The second-order valence-corrected chi connectivity index (χ2v) is 11.9. The number of amides is 2. The summed E-state index contributed by atoms with van der Waals surface area (Å²) in [6.45, 7) is 1.32. The van der Waals surface area contributed by atoms with Crippen LogP contribution in [0.25, 0.3) is 11.1 Å². The van der Waals surface area contributed by atoms with E-state index in [1.165, 1.54) is 43.3 Å². The predicted molar refractivity (Wildman–Crippen MR) is 158 cm³/mol. The second kappa shape index (κ2) is 11.7. The lowest BCUT2D eigenvalue weighted by Gasteiger charge is -2.50. The first kappa shape index (κ1) is 33.5. The van der Waals surface area contributed by atoms with E-state index in [9.17, 15) is 52.8 Å². The molecular formula is C32H32F3N3O9. The predicted octanol–water partition coefficient (Wildman–Crippen LogP) is 2.36. The summed E-state index contributed by atoms with van der Waals surface area (Å²) in [5, 5.41) is 46.8. The highest BCUT2D eigenvalue weighted by Crippen LogP contribution is 2.53. The number of aliphatic hydroxyl groups is 3. The van der Waals surface area contributed by atoms with Crippen molar-refractivity contribution in [2.75, 3.05) is 20.7 Å². The number of alkyl halides is 3. The summed E-state index contributed by atoms with van der Waals surface area (Å²) < 4.78 is 44.1. The lowest BCUT2D eigenvalue weighted by Crippen LogP contribution is -2.63. The summed E-state index contributed by atoms with van der Waals surface area (Å²) in [7, 11) is 3.04. The number of aromatic hydroxyl groups is 1. The van der Waals surface area contributed by atoms with Gasteiger partial charge < -0.3 is 36.2 Å². The summed E-state index contributed by atoms with van der Waals surface area (Å²) in [6.07, 6.45) is -5.24. The van der Waals surface area contributed by atoms with Gasteiger partial charge in [-0.1, -0.05) is 12.1 Å². The molecule has 15 heteroatoms. The van der Waals surface area contributed by atoms with Crippen molar-refractivity contribution >= 4 is 23.4 Å². The number of phenolic OH excluding ortho intramolecular Hbond substituents is 1. The number of primary amides is 1. The van der Waals surface area contributed by atoms with Gasteiger partial charge in [-0.15, -0.1) is 0 Å². The molecule has 0 saturated carbocycles. The number of aliphatic hydroxyl groups excluding tert-OH is 2. The molecular weight excluding hydrogens is 627 g/mol. The van der Waals surface area contributed by atoms with Crippen LogP contribution in [-0.4, -0.2) is 87.2 Å². The van der Waals surface area contributed by atoms with Gasteiger partial charge in [0.05, 0.1) is 18.2 Å². The number of allylic oxidation sites excluding steroid dienone is 1. The summed E-state index contributed by atoms with van der Waals surface area (Å²) in [6, 6.07) is 6.13. The van der Waals surface area contributed by atoms with Crippen LogP contribution in [0.5, 0.6) is 11.5 Å². The number of ether oxygens (including phenoxy) is 1. The molecule has 0 aromatic heterocycles. The molecule has 12 nitrogen and oxygen atoms in total. The molecule has 4 atom stereocenters. The fraction of sp³-hybridized carbons (Fsp3) is 0.375. The summed E-state index contributed by atoms with van der Waals surface area (Å²) in [4.78, 5) is 52.6. The highest BCUT2D eigenvalue weighted by molar-refractivity contribution is 6.25. The standard InChI is InChI=1S/C32H32F3N3O9/c1-4-47-20-8-5-13(9-15(20)12-37-30(45)32(33,34)35)16-6-7-19(39)22-17(16)10-14-11-18-24(38(2)3)26(41)23(29(36)44)28(43)31(18,46)27(42)21(14)25(22)40/h5-9,14,18,24,39,41-42,46H,4,10-12H2,1-3H3,(H2,36,44)(H,37,45)/t14-,18-,24?,31-/m0/s1. The lowest BCUT2D eigenvalue weighted by molar-refractivity contribution is -0.173. The van der Waals surface area contributed by atoms with E-state index in [0.717, 1.165) is 0 Å². The first-order valence-corrected chi connectivity index (χ1v) is 14.6. The van der Waals surface area contributed by atoms with Gasteiger partial charge in [0.15, 0.2) is 11.4 Å². The van der Waals surface area contributed by atoms with Crippen molar-refractivity contribution in [3.05, 3.63) is 69.7 Å². The van der Waals surface area contributed by atoms with Gasteiger partial charge in [0.1, 0.15) is 28.6 Å². The minimum absolute atomic E-state index is 0.00831. The van der Waals surface area contributed by atoms with Crippen molar-refractivity contribution in [2.45, 2.75) is 44.1 Å². The number of carbonyl (C=O) groups excluding carboxylic acids is 4. The van der Waals surface area contributed by atoms with Gasteiger partial charge in [-0.3, -0.25) is 24.1 Å². The van der Waals surface area contributed by atoms with Gasteiger partial charge in [-0.25, -0.2) is 0 Å². The molecule has 0 bridgehead atoms. The number of benzene rings is 2. The second-order valence-electron chi connectivity index (χ2n) is 11.9. The van der Waals surface area contributed by atoms with E-state index in [1.807, 2.05) is 5.32 Å². The lowest BCUT2D eigenvalue weighted by atomic mass is 9.58. The largest absolute Gasteiger partial charge is 0.510 e. The third-order valence-corrected chi connectivity index (χ3v) is 8.97. The number of rotatable bonds is 7. The van der Waals surface area contributed by atoms with Crippen LogP contribution in [-0.2, 0) is 27.3 Å². The Morgan fingerprint density at radius 3 is 2.40 bits per heavy atom. The maximum absolute atomic E-state index is 14.0. The van der Waals surface area contributed by atoms with Gasteiger partial charge in [0, 0.05) is 23.6 Å². The average molecular weight is 660 g/mol. The van der Waals surface area contributed by atoms with Crippen LogP contribution in [0, 0.1) is 11.8 Å². The van der Waals surface area contributed by atoms with Crippen LogP contribution >= 0.6 is 0 Å². The Hall–Kier alpha value is -4.89. The molecule has 3 aliphatic rings. The van der Waals surface area contributed by atoms with Crippen molar-refractivity contribution in [3.8, 4) is 22.6 Å². The molecule has 5 rings (SSSR count). The van der Waals surface area contributed by atoms with Crippen LogP contribution in [0.3, 0.4) is 0 Å². The monoisotopic (exact) mass is 659 g/mol. The number of nitrogens with zero attached hydrogens (tertiary/aromatic N) is 1. The van der Waals surface area contributed by atoms with Crippen molar-refractivity contribution < 1.29 is 57.5 Å². The first-order chi connectivity index (χ1) is 21.9. The van der Waals surface area contributed by atoms with E-state index in [2.05, 4.69) is 0 Å². The quantitative estimate of drug-likeness (QED) is 0.240. The van der Waals surface area contributed by atoms with Crippen molar-refractivity contribution in [1.82, 2.24) is 10.2 Å². The SMILES string of the molecule is CCOc1ccc(-c2ccc(O)c3c2C[C@H]2C[C@H]4C(N(C)C)C(O)=C(C(N)=O)C(=O)[C@@]4(O)C(O)=C2C3=O)cc1CNC(=O)C(F)(F)F. The number of likely N-dealkylation sites (N-methyl/N-ethyl adjacent to an activating group) is 1. The number of phenols is 1. The molecule has 0 aliphatic heterocycles. The Morgan fingerprint density at radius 2 is 1.81 bits per heavy atom. The van der Waals surface area contributed by atoms with Gasteiger partial charge in [-0.05, 0) is 74.7 Å². The van der Waals surface area contributed by atoms with Gasteiger partial charge >= 0.3 is 12.1 Å². The van der Waals surface area contributed by atoms with Gasteiger partial charge in [-0.2, -0.15) is 13.2 Å². The Balaban J connectivity index is 1.63. The number of fused-ring (bicyclic) bond motifs is 3. The van der Waals surface area contributed by atoms with Crippen molar-refractivity contribution in [1.29, 1.82) is 0 Å². The normalized spacial score (nSPS) is 24.1. The molecule has 2 aromatic rings.